The Kier molecular flexibility index (Phi) is 9.71. The van der Waals surface area contributed by atoms with Gasteiger partial charge < -0.3 is 0 Å². The van der Waals surface area contributed by atoms with Crippen LogP contribution >= 0.6 is 20.5 Å². The van der Waals surface area contributed by atoms with Crippen LogP contribution in [0.1, 0.15) is 55.4 Å². The van der Waals surface area contributed by atoms with Crippen molar-refractivity contribution in [2.75, 3.05) is 0 Å². The summed E-state index contributed by atoms with van der Waals surface area (Å²) >= 11 is 5.50. The summed E-state index contributed by atoms with van der Waals surface area (Å²) in [6.07, 6.45) is 0. The molecule has 0 atom stereocenters. The zero-order valence-electron chi connectivity index (χ0n) is 13.3. The highest BCUT2D eigenvalue weighted by atomic mass is 35.5. The van der Waals surface area contributed by atoms with Gasteiger partial charge in [0, 0.05) is 24.2 Å². The quantitative estimate of drug-likeness (QED) is 0.463. The van der Waals surface area contributed by atoms with Gasteiger partial charge in [-0.05, 0) is 55.4 Å². The van der Waals surface area contributed by atoms with Crippen LogP contribution in [0.3, 0.4) is 0 Å². The predicted octanol–water partition coefficient (Wildman–Crippen LogP) is 4.48. The van der Waals surface area contributed by atoms with E-state index in [-0.39, 0.29) is 24.2 Å². The zero-order valence-corrected chi connectivity index (χ0v) is 14.9. The van der Waals surface area contributed by atoms with Crippen molar-refractivity contribution >= 4 is 20.5 Å². The maximum atomic E-state index is 5.73. The van der Waals surface area contributed by atoms with Crippen LogP contribution in [0.15, 0.2) is 0 Å². The van der Waals surface area contributed by atoms with Gasteiger partial charge in [-0.3, -0.25) is 0 Å². The van der Waals surface area contributed by atoms with Crippen molar-refractivity contribution in [1.29, 1.82) is 0 Å². The minimum atomic E-state index is -1.65. The van der Waals surface area contributed by atoms with E-state index in [9.17, 15) is 0 Å². The van der Waals surface area contributed by atoms with Gasteiger partial charge in [0.25, 0.3) is 0 Å². The Bertz CT molecular complexity index is 205. The molecule has 0 aliphatic carbocycles. The van der Waals surface area contributed by atoms with E-state index in [1.165, 1.54) is 0 Å². The molecule has 0 amide bonds. The van der Waals surface area contributed by atoms with Crippen LogP contribution in [0.5, 0.6) is 0 Å². The first kappa shape index (κ1) is 19.5. The van der Waals surface area contributed by atoms with Gasteiger partial charge in [0.05, 0.1) is 11.9 Å². The van der Waals surface area contributed by atoms with Gasteiger partial charge in [-0.1, -0.05) is 0 Å². The second kappa shape index (κ2) is 9.46. The van der Waals surface area contributed by atoms with Crippen molar-refractivity contribution in [2.45, 2.75) is 79.6 Å². The largest absolute Gasteiger partial charge is 0.387 e. The van der Waals surface area contributed by atoms with E-state index in [0.717, 1.165) is 0 Å². The molecule has 7 heteroatoms. The molecule has 0 unspecified atom stereocenters. The minimum absolute atomic E-state index is 0.215. The Morgan fingerprint density at radius 3 is 1.11 bits per heavy atom. The number of hydrogen-bond acceptors (Lipinski definition) is 5. The van der Waals surface area contributed by atoms with E-state index >= 15 is 0 Å². The van der Waals surface area contributed by atoms with Crippen molar-refractivity contribution < 1.29 is 13.3 Å². The molecule has 0 aromatic rings. The zero-order chi connectivity index (χ0) is 15.2. The maximum absolute atomic E-state index is 5.73. The lowest BCUT2D eigenvalue weighted by molar-refractivity contribution is -0.167. The molecule has 0 aromatic carbocycles. The fraction of sp³-hybridized carbons (Fsp3) is 1.00. The van der Waals surface area contributed by atoms with Crippen LogP contribution in [-0.2, 0) is 13.3 Å². The molecule has 0 saturated heterocycles. The lowest BCUT2D eigenvalue weighted by Crippen LogP contribution is -2.38. The van der Waals surface area contributed by atoms with Gasteiger partial charge in [-0.2, -0.15) is 14.2 Å². The standard InChI is InChI=1S/C12H28ClN2O3P/c1-9(2)14(10(3)4)17-19(16-13)18-15(11(5)6)12(7)8/h9-12H,1-8H3. The molecule has 0 radical (unpaired) electrons. The van der Waals surface area contributed by atoms with E-state index < -0.39 is 8.60 Å². The van der Waals surface area contributed by atoms with E-state index in [1.54, 1.807) is 0 Å². The van der Waals surface area contributed by atoms with Crippen LogP contribution in [-0.4, -0.2) is 34.3 Å². The SMILES string of the molecule is CC(C)N(OP(OCl)ON(C(C)C)C(C)C)C(C)C. The first-order valence-corrected chi connectivity index (χ1v) is 8.12. The highest BCUT2D eigenvalue weighted by Crippen LogP contribution is 2.44. The van der Waals surface area contributed by atoms with E-state index in [0.29, 0.717) is 0 Å². The Balaban J connectivity index is 4.64. The molecule has 0 aliphatic heterocycles. The predicted molar refractivity (Wildman–Crippen MR) is 80.3 cm³/mol. The van der Waals surface area contributed by atoms with Crippen LogP contribution in [0.25, 0.3) is 0 Å². The first-order chi connectivity index (χ1) is 8.70. The first-order valence-electron chi connectivity index (χ1n) is 6.72. The van der Waals surface area contributed by atoms with Crippen molar-refractivity contribution in [3.05, 3.63) is 0 Å². The van der Waals surface area contributed by atoms with Gasteiger partial charge in [0.2, 0.25) is 0 Å². The number of halogens is 1. The fourth-order valence-electron chi connectivity index (χ4n) is 1.76. The molecular formula is C12H28ClN2O3P. The molecule has 116 valence electrons. The van der Waals surface area contributed by atoms with Crippen molar-refractivity contribution in [2.24, 2.45) is 0 Å². The third-order valence-electron chi connectivity index (χ3n) is 2.41. The minimum Gasteiger partial charge on any atom is -0.218 e. The average molecular weight is 315 g/mol. The molecule has 0 heterocycles. The third-order valence-corrected chi connectivity index (χ3v) is 3.51. The van der Waals surface area contributed by atoms with Gasteiger partial charge >= 0.3 is 8.60 Å². The summed E-state index contributed by atoms with van der Waals surface area (Å²) in [5.41, 5.74) is 0. The van der Waals surface area contributed by atoms with Gasteiger partial charge in [-0.25, -0.2) is 9.25 Å². The molecule has 0 aliphatic rings. The van der Waals surface area contributed by atoms with Crippen LogP contribution in [0.2, 0.25) is 0 Å². The van der Waals surface area contributed by atoms with Crippen molar-refractivity contribution in [3.8, 4) is 0 Å². The molecule has 0 spiro atoms. The summed E-state index contributed by atoms with van der Waals surface area (Å²) in [4.78, 5) is 0. The van der Waals surface area contributed by atoms with Gasteiger partial charge in [0.1, 0.15) is 0 Å². The Morgan fingerprint density at radius 2 is 0.947 bits per heavy atom. The summed E-state index contributed by atoms with van der Waals surface area (Å²) in [5.74, 6) is 0. The monoisotopic (exact) mass is 314 g/mol. The summed E-state index contributed by atoms with van der Waals surface area (Å²) < 4.78 is 16.3. The summed E-state index contributed by atoms with van der Waals surface area (Å²) in [6, 6.07) is 0.859. The van der Waals surface area contributed by atoms with Gasteiger partial charge in [-0.15, -0.1) is 0 Å². The summed E-state index contributed by atoms with van der Waals surface area (Å²) in [6.45, 7) is 16.4. The lowest BCUT2D eigenvalue weighted by atomic mass is 10.3. The lowest BCUT2D eigenvalue weighted by Gasteiger charge is -2.34. The molecule has 5 nitrogen and oxygen atoms in total. The molecule has 0 N–H and O–H groups in total. The molecule has 0 bridgehead atoms. The molecule has 0 saturated carbocycles. The van der Waals surface area contributed by atoms with E-state index in [2.05, 4.69) is 0 Å². The Labute approximate surface area is 124 Å². The fourth-order valence-corrected chi connectivity index (χ4v) is 3.06. The van der Waals surface area contributed by atoms with Crippen LogP contribution in [0.4, 0.5) is 0 Å². The molecule has 0 aromatic heterocycles. The smallest absolute Gasteiger partial charge is 0.218 e. The van der Waals surface area contributed by atoms with Crippen LogP contribution < -0.4 is 0 Å². The average Bonchev–Trinajstić information content (AvgIpc) is 2.27. The van der Waals surface area contributed by atoms with Crippen molar-refractivity contribution in [3.63, 3.8) is 0 Å². The third kappa shape index (κ3) is 7.19. The second-order valence-corrected chi connectivity index (χ2v) is 6.88. The van der Waals surface area contributed by atoms with Crippen LogP contribution in [0, 0.1) is 0 Å². The molecule has 0 fully saturated rings. The highest BCUT2D eigenvalue weighted by molar-refractivity contribution is 7.42. The molecule has 19 heavy (non-hydrogen) atoms. The Hall–Kier alpha value is 0.520. The number of hydrogen-bond donors (Lipinski definition) is 0. The van der Waals surface area contributed by atoms with E-state index in [4.69, 9.17) is 25.2 Å². The van der Waals surface area contributed by atoms with Crippen molar-refractivity contribution in [1.82, 2.24) is 10.1 Å². The number of rotatable bonds is 9. The Morgan fingerprint density at radius 1 is 0.684 bits per heavy atom. The van der Waals surface area contributed by atoms with Gasteiger partial charge in [0.15, 0.2) is 0 Å². The molecular weight excluding hydrogens is 287 g/mol. The number of nitrogens with zero attached hydrogens (tertiary/aromatic N) is 2. The normalized spacial score (nSPS) is 13.3. The topological polar surface area (TPSA) is 34.2 Å². The summed E-state index contributed by atoms with van der Waals surface area (Å²) in [5, 5.41) is 3.65. The summed E-state index contributed by atoms with van der Waals surface area (Å²) in [7, 11) is -1.65. The second-order valence-electron chi connectivity index (χ2n) is 5.55. The number of hydroxylamine groups is 4. The maximum Gasteiger partial charge on any atom is 0.387 e. The molecule has 0 rings (SSSR count). The van der Waals surface area contributed by atoms with E-state index in [1.807, 2.05) is 65.5 Å². The highest BCUT2D eigenvalue weighted by Gasteiger charge is 2.27.